The Morgan fingerprint density at radius 3 is 2.55 bits per heavy atom. The van der Waals surface area contributed by atoms with Crippen molar-refractivity contribution in [2.24, 2.45) is 0 Å². The van der Waals surface area contributed by atoms with E-state index in [0.717, 1.165) is 5.56 Å². The van der Waals surface area contributed by atoms with Crippen LogP contribution >= 0.6 is 39.1 Å². The molecule has 20 heavy (non-hydrogen) atoms. The van der Waals surface area contributed by atoms with Gasteiger partial charge in [0.05, 0.1) is 16.1 Å². The van der Waals surface area contributed by atoms with E-state index in [2.05, 4.69) is 21.2 Å². The Morgan fingerprint density at radius 1 is 1.20 bits per heavy atom. The molecule has 0 saturated heterocycles. The molecule has 0 aliphatic carbocycles. The van der Waals surface area contributed by atoms with Crippen LogP contribution < -0.4 is 5.32 Å². The lowest BCUT2D eigenvalue weighted by atomic mass is 9.98. The van der Waals surface area contributed by atoms with Crippen molar-refractivity contribution in [2.45, 2.75) is 13.0 Å². The van der Waals surface area contributed by atoms with E-state index in [4.69, 9.17) is 23.2 Å². The summed E-state index contributed by atoms with van der Waals surface area (Å²) >= 11 is 15.7. The summed E-state index contributed by atoms with van der Waals surface area (Å²) < 4.78 is 14.9. The van der Waals surface area contributed by atoms with Crippen molar-refractivity contribution >= 4 is 39.1 Å². The number of hydrogen-bond acceptors (Lipinski definition) is 1. The Labute approximate surface area is 136 Å². The Kier molecular flexibility index (Phi) is 5.44. The molecule has 1 N–H and O–H groups in total. The lowest BCUT2D eigenvalue weighted by molar-refractivity contribution is 0.557. The Balaban J connectivity index is 2.60. The monoisotopic (exact) mass is 375 g/mol. The van der Waals surface area contributed by atoms with Crippen molar-refractivity contribution < 1.29 is 4.39 Å². The first-order valence-corrected chi connectivity index (χ1v) is 7.72. The molecule has 0 amide bonds. The second kappa shape index (κ2) is 6.90. The highest BCUT2D eigenvalue weighted by atomic mass is 79.9. The van der Waals surface area contributed by atoms with E-state index in [1.807, 2.05) is 19.1 Å². The molecule has 1 nitrogen and oxygen atoms in total. The van der Waals surface area contributed by atoms with Gasteiger partial charge in [0.1, 0.15) is 5.82 Å². The van der Waals surface area contributed by atoms with Crippen molar-refractivity contribution in [2.75, 3.05) is 6.54 Å². The zero-order valence-electron chi connectivity index (χ0n) is 10.8. The van der Waals surface area contributed by atoms with E-state index in [1.54, 1.807) is 18.2 Å². The first kappa shape index (κ1) is 15.8. The molecule has 0 saturated carbocycles. The largest absolute Gasteiger partial charge is 0.306 e. The lowest BCUT2D eigenvalue weighted by Crippen LogP contribution is -2.23. The number of benzene rings is 2. The van der Waals surface area contributed by atoms with E-state index in [0.29, 0.717) is 26.6 Å². The maximum atomic E-state index is 14.2. The highest BCUT2D eigenvalue weighted by Gasteiger charge is 2.22. The van der Waals surface area contributed by atoms with E-state index in [9.17, 15) is 4.39 Å². The van der Waals surface area contributed by atoms with Gasteiger partial charge in [0.2, 0.25) is 0 Å². The molecule has 0 radical (unpaired) electrons. The van der Waals surface area contributed by atoms with Gasteiger partial charge in [0, 0.05) is 10.0 Å². The van der Waals surface area contributed by atoms with E-state index in [-0.39, 0.29) is 11.9 Å². The summed E-state index contributed by atoms with van der Waals surface area (Å²) in [5, 5.41) is 4.15. The third-order valence-corrected chi connectivity index (χ3v) is 4.51. The van der Waals surface area contributed by atoms with Crippen LogP contribution in [0.5, 0.6) is 0 Å². The lowest BCUT2D eigenvalue weighted by Gasteiger charge is -2.22. The normalized spacial score (nSPS) is 12.4. The van der Waals surface area contributed by atoms with Crippen LogP contribution in [0.1, 0.15) is 24.1 Å². The SMILES string of the molecule is CCNC(c1cccc(Cl)c1Cl)c1c(F)cccc1Br. The highest BCUT2D eigenvalue weighted by molar-refractivity contribution is 9.10. The van der Waals surface area contributed by atoms with Gasteiger partial charge in [-0.2, -0.15) is 0 Å². The average Bonchev–Trinajstić information content (AvgIpc) is 2.41. The summed E-state index contributed by atoms with van der Waals surface area (Å²) in [7, 11) is 0. The van der Waals surface area contributed by atoms with Crippen LogP contribution in [0.3, 0.4) is 0 Å². The van der Waals surface area contributed by atoms with Crippen LogP contribution in [0.4, 0.5) is 4.39 Å². The van der Waals surface area contributed by atoms with Crippen LogP contribution in [0.15, 0.2) is 40.9 Å². The fraction of sp³-hybridized carbons (Fsp3) is 0.200. The minimum Gasteiger partial charge on any atom is -0.306 e. The molecule has 0 spiro atoms. The Hall–Kier alpha value is -0.610. The Morgan fingerprint density at radius 2 is 1.90 bits per heavy atom. The van der Waals surface area contributed by atoms with Gasteiger partial charge in [-0.05, 0) is 30.3 Å². The quantitative estimate of drug-likeness (QED) is 0.732. The second-order valence-corrected chi connectivity index (χ2v) is 5.91. The standard InChI is InChI=1S/C15H13BrCl2FN/c1-2-20-15(9-5-3-7-11(17)14(9)18)13-10(16)6-4-8-12(13)19/h3-8,15,20H,2H2,1H3. The molecule has 5 heteroatoms. The first-order chi connectivity index (χ1) is 9.56. The van der Waals surface area contributed by atoms with Crippen molar-refractivity contribution in [1.82, 2.24) is 5.32 Å². The predicted octanol–water partition coefficient (Wildman–Crippen LogP) is 5.59. The highest BCUT2D eigenvalue weighted by Crippen LogP contribution is 2.36. The number of halogens is 4. The van der Waals surface area contributed by atoms with Crippen LogP contribution in [-0.4, -0.2) is 6.54 Å². The van der Waals surface area contributed by atoms with Crippen LogP contribution in [0, 0.1) is 5.82 Å². The number of nitrogens with one attached hydrogen (secondary N) is 1. The van der Waals surface area contributed by atoms with Crippen LogP contribution in [-0.2, 0) is 0 Å². The van der Waals surface area contributed by atoms with Gasteiger partial charge in [-0.3, -0.25) is 0 Å². The molecule has 106 valence electrons. The molecule has 2 rings (SSSR count). The molecule has 0 heterocycles. The van der Waals surface area contributed by atoms with E-state index >= 15 is 0 Å². The van der Waals surface area contributed by atoms with Gasteiger partial charge in [-0.25, -0.2) is 4.39 Å². The zero-order chi connectivity index (χ0) is 14.7. The molecule has 0 fully saturated rings. The van der Waals surface area contributed by atoms with Crippen molar-refractivity contribution in [3.05, 3.63) is 67.9 Å². The minimum absolute atomic E-state index is 0.290. The fourth-order valence-corrected chi connectivity index (χ4v) is 3.09. The molecule has 2 aromatic rings. The average molecular weight is 377 g/mol. The molecule has 1 atom stereocenters. The zero-order valence-corrected chi connectivity index (χ0v) is 13.9. The third kappa shape index (κ3) is 3.17. The third-order valence-electron chi connectivity index (χ3n) is 2.99. The molecule has 0 aliphatic rings. The minimum atomic E-state index is -0.359. The van der Waals surface area contributed by atoms with Gasteiger partial charge >= 0.3 is 0 Å². The molecule has 2 aromatic carbocycles. The summed E-state index contributed by atoms with van der Waals surface area (Å²) in [6.07, 6.45) is 0. The van der Waals surface area contributed by atoms with Crippen LogP contribution in [0.25, 0.3) is 0 Å². The smallest absolute Gasteiger partial charge is 0.129 e. The maximum Gasteiger partial charge on any atom is 0.129 e. The Bertz CT molecular complexity index is 599. The molecule has 1 unspecified atom stereocenters. The topological polar surface area (TPSA) is 12.0 Å². The molecular weight excluding hydrogens is 364 g/mol. The summed E-state index contributed by atoms with van der Waals surface area (Å²) in [6, 6.07) is 9.91. The molecule has 0 aliphatic heterocycles. The van der Waals surface area contributed by atoms with Gasteiger partial charge in [-0.1, -0.05) is 64.3 Å². The maximum absolute atomic E-state index is 14.2. The number of hydrogen-bond donors (Lipinski definition) is 1. The van der Waals surface area contributed by atoms with E-state index in [1.165, 1.54) is 6.07 Å². The molecule has 0 aromatic heterocycles. The molecular formula is C15H13BrCl2FN. The molecule has 0 bridgehead atoms. The first-order valence-electron chi connectivity index (χ1n) is 6.17. The fourth-order valence-electron chi connectivity index (χ4n) is 2.10. The summed E-state index contributed by atoms with van der Waals surface area (Å²) in [4.78, 5) is 0. The summed E-state index contributed by atoms with van der Waals surface area (Å²) in [5.41, 5.74) is 1.28. The predicted molar refractivity (Wildman–Crippen MR) is 86.1 cm³/mol. The van der Waals surface area contributed by atoms with E-state index < -0.39 is 0 Å². The van der Waals surface area contributed by atoms with Crippen molar-refractivity contribution in [1.29, 1.82) is 0 Å². The van der Waals surface area contributed by atoms with Gasteiger partial charge in [0.25, 0.3) is 0 Å². The second-order valence-electron chi connectivity index (χ2n) is 4.27. The van der Waals surface area contributed by atoms with Crippen LogP contribution in [0.2, 0.25) is 10.0 Å². The van der Waals surface area contributed by atoms with Crippen molar-refractivity contribution in [3.8, 4) is 0 Å². The summed E-state index contributed by atoms with van der Waals surface area (Å²) in [6.45, 7) is 2.63. The number of rotatable bonds is 4. The summed E-state index contributed by atoms with van der Waals surface area (Å²) in [5.74, 6) is -0.290. The van der Waals surface area contributed by atoms with Gasteiger partial charge in [-0.15, -0.1) is 0 Å². The van der Waals surface area contributed by atoms with Gasteiger partial charge < -0.3 is 5.32 Å². The van der Waals surface area contributed by atoms with Crippen molar-refractivity contribution in [3.63, 3.8) is 0 Å². The van der Waals surface area contributed by atoms with Gasteiger partial charge in [0.15, 0.2) is 0 Å².